The minimum Gasteiger partial charge on any atom is -0.365 e. The van der Waals surface area contributed by atoms with Crippen LogP contribution in [-0.4, -0.2) is 19.7 Å². The molecule has 2 aromatic heterocycles. The molecule has 0 saturated heterocycles. The van der Waals surface area contributed by atoms with Crippen molar-refractivity contribution in [1.29, 1.82) is 0 Å². The summed E-state index contributed by atoms with van der Waals surface area (Å²) in [5.41, 5.74) is 3.38. The summed E-state index contributed by atoms with van der Waals surface area (Å²) >= 11 is 3.51. The number of anilines is 1. The van der Waals surface area contributed by atoms with Gasteiger partial charge in [0.2, 0.25) is 0 Å². The normalized spacial score (nSPS) is 10.9. The summed E-state index contributed by atoms with van der Waals surface area (Å²) in [5, 5.41) is 8.74. The molecule has 4 rings (SSSR count). The van der Waals surface area contributed by atoms with Crippen molar-refractivity contribution in [2.24, 2.45) is 0 Å². The van der Waals surface area contributed by atoms with E-state index in [0.717, 1.165) is 27.7 Å². The lowest BCUT2D eigenvalue weighted by Gasteiger charge is -2.12. The summed E-state index contributed by atoms with van der Waals surface area (Å²) in [6.45, 7) is 1.44. The van der Waals surface area contributed by atoms with Crippen LogP contribution in [0.15, 0.2) is 71.7 Å². The number of fused-ring (bicyclic) bond motifs is 1. The second kappa shape index (κ2) is 7.03. The van der Waals surface area contributed by atoms with Crippen molar-refractivity contribution in [2.45, 2.75) is 13.1 Å². The third-order valence-electron chi connectivity index (χ3n) is 4.05. The van der Waals surface area contributed by atoms with Crippen molar-refractivity contribution in [3.63, 3.8) is 0 Å². The molecule has 5 nitrogen and oxygen atoms in total. The first-order valence-electron chi connectivity index (χ1n) is 7.98. The SMILES string of the molecule is Brc1ccc2ncnc(NCc3ccccc3Cn3cccn3)c2c1. The lowest BCUT2D eigenvalue weighted by atomic mass is 10.1. The first-order valence-corrected chi connectivity index (χ1v) is 8.77. The number of nitrogens with zero attached hydrogens (tertiary/aromatic N) is 4. The first-order chi connectivity index (χ1) is 12.3. The molecule has 0 aliphatic carbocycles. The van der Waals surface area contributed by atoms with Crippen molar-refractivity contribution in [2.75, 3.05) is 5.32 Å². The fraction of sp³-hybridized carbons (Fsp3) is 0.105. The lowest BCUT2D eigenvalue weighted by Crippen LogP contribution is -2.08. The predicted molar refractivity (Wildman–Crippen MR) is 102 cm³/mol. The quantitative estimate of drug-likeness (QED) is 0.550. The molecule has 25 heavy (non-hydrogen) atoms. The second-order valence-corrected chi connectivity index (χ2v) is 6.63. The van der Waals surface area contributed by atoms with Crippen LogP contribution in [0.1, 0.15) is 11.1 Å². The number of rotatable bonds is 5. The summed E-state index contributed by atoms with van der Waals surface area (Å²) < 4.78 is 2.94. The highest BCUT2D eigenvalue weighted by Gasteiger charge is 2.07. The van der Waals surface area contributed by atoms with Gasteiger partial charge in [-0.1, -0.05) is 40.2 Å². The minimum absolute atomic E-state index is 0.691. The zero-order valence-electron chi connectivity index (χ0n) is 13.4. The summed E-state index contributed by atoms with van der Waals surface area (Å²) in [6, 6.07) is 16.3. The Morgan fingerprint density at radius 2 is 1.88 bits per heavy atom. The Morgan fingerprint density at radius 3 is 2.72 bits per heavy atom. The van der Waals surface area contributed by atoms with E-state index in [-0.39, 0.29) is 0 Å². The van der Waals surface area contributed by atoms with Crippen LogP contribution in [0, 0.1) is 0 Å². The average molecular weight is 394 g/mol. The molecule has 4 aromatic rings. The molecule has 0 saturated carbocycles. The molecule has 0 fully saturated rings. The molecule has 1 N–H and O–H groups in total. The lowest BCUT2D eigenvalue weighted by molar-refractivity contribution is 0.682. The molecule has 0 amide bonds. The zero-order valence-corrected chi connectivity index (χ0v) is 15.0. The summed E-state index contributed by atoms with van der Waals surface area (Å²) in [5.74, 6) is 0.834. The van der Waals surface area contributed by atoms with Gasteiger partial charge < -0.3 is 5.32 Å². The van der Waals surface area contributed by atoms with Gasteiger partial charge in [0, 0.05) is 28.8 Å². The van der Waals surface area contributed by atoms with Crippen molar-refractivity contribution in [3.05, 3.63) is 82.9 Å². The van der Waals surface area contributed by atoms with Crippen molar-refractivity contribution < 1.29 is 0 Å². The van der Waals surface area contributed by atoms with E-state index in [1.165, 1.54) is 11.1 Å². The third kappa shape index (κ3) is 3.53. The van der Waals surface area contributed by atoms with Crippen LogP contribution in [0.5, 0.6) is 0 Å². The number of aromatic nitrogens is 4. The van der Waals surface area contributed by atoms with E-state index in [1.807, 2.05) is 35.1 Å². The molecule has 0 radical (unpaired) electrons. The fourth-order valence-corrected chi connectivity index (χ4v) is 3.16. The Balaban J connectivity index is 1.59. The topological polar surface area (TPSA) is 55.6 Å². The fourth-order valence-electron chi connectivity index (χ4n) is 2.80. The van der Waals surface area contributed by atoms with E-state index in [0.29, 0.717) is 6.54 Å². The van der Waals surface area contributed by atoms with Crippen LogP contribution < -0.4 is 5.32 Å². The van der Waals surface area contributed by atoms with Gasteiger partial charge in [0.25, 0.3) is 0 Å². The number of hydrogen-bond acceptors (Lipinski definition) is 4. The van der Waals surface area contributed by atoms with Crippen LogP contribution in [-0.2, 0) is 13.1 Å². The molecule has 0 spiro atoms. The van der Waals surface area contributed by atoms with Crippen LogP contribution in [0.4, 0.5) is 5.82 Å². The zero-order chi connectivity index (χ0) is 17.1. The Kier molecular flexibility index (Phi) is 4.43. The highest BCUT2D eigenvalue weighted by molar-refractivity contribution is 9.10. The number of benzene rings is 2. The van der Waals surface area contributed by atoms with Crippen LogP contribution in [0.2, 0.25) is 0 Å². The van der Waals surface area contributed by atoms with Crippen LogP contribution >= 0.6 is 15.9 Å². The molecule has 0 bridgehead atoms. The molecule has 0 aliphatic heterocycles. The van der Waals surface area contributed by atoms with E-state index in [9.17, 15) is 0 Å². The van der Waals surface area contributed by atoms with Gasteiger partial charge in [-0.2, -0.15) is 5.10 Å². The third-order valence-corrected chi connectivity index (χ3v) is 4.55. The van der Waals surface area contributed by atoms with E-state index >= 15 is 0 Å². The van der Waals surface area contributed by atoms with Crippen LogP contribution in [0.3, 0.4) is 0 Å². The number of nitrogens with one attached hydrogen (secondary N) is 1. The smallest absolute Gasteiger partial charge is 0.137 e. The van der Waals surface area contributed by atoms with Gasteiger partial charge in [0.1, 0.15) is 12.1 Å². The molecule has 2 aromatic carbocycles. The monoisotopic (exact) mass is 393 g/mol. The van der Waals surface area contributed by atoms with Gasteiger partial charge in [-0.25, -0.2) is 9.97 Å². The maximum Gasteiger partial charge on any atom is 0.137 e. The second-order valence-electron chi connectivity index (χ2n) is 5.71. The van der Waals surface area contributed by atoms with Crippen molar-refractivity contribution >= 4 is 32.7 Å². The van der Waals surface area contributed by atoms with Gasteiger partial charge in [-0.3, -0.25) is 4.68 Å². The predicted octanol–water partition coefficient (Wildman–Crippen LogP) is 4.25. The summed E-state index contributed by atoms with van der Waals surface area (Å²) in [4.78, 5) is 8.73. The van der Waals surface area contributed by atoms with Gasteiger partial charge in [0.05, 0.1) is 12.1 Å². The standard InChI is InChI=1S/C19H16BrN5/c20-16-6-7-18-17(10-16)19(23-13-22-18)21-11-14-4-1-2-5-15(14)12-25-9-3-8-24-25/h1-10,13H,11-12H2,(H,21,22,23). The highest BCUT2D eigenvalue weighted by atomic mass is 79.9. The number of hydrogen-bond donors (Lipinski definition) is 1. The minimum atomic E-state index is 0.691. The van der Waals surface area contributed by atoms with E-state index in [2.05, 4.69) is 60.6 Å². The first kappa shape index (κ1) is 15.8. The van der Waals surface area contributed by atoms with E-state index < -0.39 is 0 Å². The highest BCUT2D eigenvalue weighted by Crippen LogP contribution is 2.24. The maximum atomic E-state index is 4.41. The molecule has 0 aliphatic rings. The Hall–Kier alpha value is -2.73. The summed E-state index contributed by atoms with van der Waals surface area (Å²) in [7, 11) is 0. The molecule has 124 valence electrons. The number of halogens is 1. The molecule has 0 unspecified atom stereocenters. The Bertz CT molecular complexity index is 998. The van der Waals surface area contributed by atoms with Gasteiger partial charge >= 0.3 is 0 Å². The van der Waals surface area contributed by atoms with Crippen molar-refractivity contribution in [3.8, 4) is 0 Å². The van der Waals surface area contributed by atoms with E-state index in [4.69, 9.17) is 0 Å². The molecular formula is C19H16BrN5. The molecule has 2 heterocycles. The Labute approximate surface area is 153 Å². The van der Waals surface area contributed by atoms with Gasteiger partial charge in [-0.15, -0.1) is 0 Å². The average Bonchev–Trinajstić information content (AvgIpc) is 3.14. The largest absolute Gasteiger partial charge is 0.365 e. The molecule has 0 atom stereocenters. The van der Waals surface area contributed by atoms with Crippen LogP contribution in [0.25, 0.3) is 10.9 Å². The maximum absolute atomic E-state index is 4.41. The van der Waals surface area contributed by atoms with Gasteiger partial charge in [-0.05, 0) is 35.4 Å². The Morgan fingerprint density at radius 1 is 1.00 bits per heavy atom. The van der Waals surface area contributed by atoms with E-state index in [1.54, 1.807) is 12.5 Å². The van der Waals surface area contributed by atoms with Gasteiger partial charge in [0.15, 0.2) is 0 Å². The van der Waals surface area contributed by atoms with Crippen molar-refractivity contribution in [1.82, 2.24) is 19.7 Å². The molecular weight excluding hydrogens is 378 g/mol. The molecule has 6 heteroatoms. The summed E-state index contributed by atoms with van der Waals surface area (Å²) in [6.07, 6.45) is 5.36.